The van der Waals surface area contributed by atoms with E-state index in [-0.39, 0.29) is 11.8 Å². The van der Waals surface area contributed by atoms with Crippen molar-refractivity contribution in [1.82, 2.24) is 0 Å². The summed E-state index contributed by atoms with van der Waals surface area (Å²) in [6.07, 6.45) is 3.69. The summed E-state index contributed by atoms with van der Waals surface area (Å²) in [5.74, 6) is -0.493. The molecule has 0 aromatic rings. The topological polar surface area (TPSA) is 0 Å². The third kappa shape index (κ3) is 3.16. The molecule has 92 valence electrons. The maximum absolute atomic E-state index is 14.0. The summed E-state index contributed by atoms with van der Waals surface area (Å²) < 4.78 is 26.9. The van der Waals surface area contributed by atoms with Gasteiger partial charge >= 0.3 is 0 Å². The van der Waals surface area contributed by atoms with Gasteiger partial charge in [0.2, 0.25) is 0 Å². The van der Waals surface area contributed by atoms with Crippen LogP contribution in [-0.4, -0.2) is 12.8 Å². The van der Waals surface area contributed by atoms with Crippen LogP contribution in [0.25, 0.3) is 0 Å². The standard InChI is InChI=1S/C14H22F2/c1-9(2)5-11-7-12(6-10(3)4)14(16)13(11)8-15/h5-6,11-14H,7-8H2,1-4H3. The number of halogens is 2. The Morgan fingerprint density at radius 1 is 1.06 bits per heavy atom. The molecule has 0 heterocycles. The molecule has 1 aliphatic rings. The SMILES string of the molecule is CC(C)=CC1CC(C=C(C)C)C(CF)C1F. The van der Waals surface area contributed by atoms with E-state index in [1.807, 2.05) is 39.8 Å². The molecule has 0 spiro atoms. The average molecular weight is 228 g/mol. The lowest BCUT2D eigenvalue weighted by Gasteiger charge is -2.15. The molecule has 0 aliphatic heterocycles. The molecule has 4 atom stereocenters. The molecule has 1 saturated carbocycles. The molecule has 0 aromatic carbocycles. The minimum absolute atomic E-state index is 0.0607. The van der Waals surface area contributed by atoms with Gasteiger partial charge in [-0.1, -0.05) is 23.3 Å². The Bertz CT molecular complexity index is 283. The summed E-state index contributed by atoms with van der Waals surface area (Å²) in [6.45, 7) is 7.34. The van der Waals surface area contributed by atoms with Gasteiger partial charge in [-0.2, -0.15) is 0 Å². The number of allylic oxidation sites excluding steroid dienone is 4. The van der Waals surface area contributed by atoms with E-state index in [4.69, 9.17) is 0 Å². The highest BCUT2D eigenvalue weighted by Crippen LogP contribution is 2.41. The van der Waals surface area contributed by atoms with E-state index in [1.165, 1.54) is 0 Å². The summed E-state index contributed by atoms with van der Waals surface area (Å²) in [6, 6.07) is 0. The van der Waals surface area contributed by atoms with Crippen molar-refractivity contribution in [2.75, 3.05) is 6.67 Å². The first-order chi connectivity index (χ1) is 7.45. The van der Waals surface area contributed by atoms with Crippen LogP contribution >= 0.6 is 0 Å². The lowest BCUT2D eigenvalue weighted by Crippen LogP contribution is -2.19. The van der Waals surface area contributed by atoms with Gasteiger partial charge < -0.3 is 0 Å². The maximum Gasteiger partial charge on any atom is 0.112 e. The highest BCUT2D eigenvalue weighted by atomic mass is 19.1. The van der Waals surface area contributed by atoms with Gasteiger partial charge in [0.05, 0.1) is 6.67 Å². The van der Waals surface area contributed by atoms with E-state index in [0.29, 0.717) is 0 Å². The quantitative estimate of drug-likeness (QED) is 0.625. The first-order valence-electron chi connectivity index (χ1n) is 5.95. The predicted octanol–water partition coefficient (Wildman–Crippen LogP) is 4.48. The van der Waals surface area contributed by atoms with Crippen LogP contribution < -0.4 is 0 Å². The Balaban J connectivity index is 2.83. The van der Waals surface area contributed by atoms with Gasteiger partial charge in [0.25, 0.3) is 0 Å². The van der Waals surface area contributed by atoms with Gasteiger partial charge in [-0.05, 0) is 40.0 Å². The highest BCUT2D eigenvalue weighted by Gasteiger charge is 2.41. The zero-order valence-corrected chi connectivity index (χ0v) is 10.6. The van der Waals surface area contributed by atoms with Crippen LogP contribution in [0.15, 0.2) is 23.3 Å². The number of rotatable bonds is 3. The molecular formula is C14H22F2. The van der Waals surface area contributed by atoms with E-state index in [2.05, 4.69) is 0 Å². The Hall–Kier alpha value is -0.660. The lowest BCUT2D eigenvalue weighted by molar-refractivity contribution is 0.185. The van der Waals surface area contributed by atoms with Crippen LogP contribution in [-0.2, 0) is 0 Å². The summed E-state index contributed by atoms with van der Waals surface area (Å²) >= 11 is 0. The van der Waals surface area contributed by atoms with Crippen LogP contribution in [0, 0.1) is 17.8 Å². The Morgan fingerprint density at radius 3 is 2.00 bits per heavy atom. The van der Waals surface area contributed by atoms with Crippen LogP contribution in [0.1, 0.15) is 34.1 Å². The Kier molecular flexibility index (Phi) is 4.69. The van der Waals surface area contributed by atoms with Gasteiger partial charge in [0.15, 0.2) is 0 Å². The first kappa shape index (κ1) is 13.4. The van der Waals surface area contributed by atoms with Crippen molar-refractivity contribution in [3.05, 3.63) is 23.3 Å². The molecule has 1 rings (SSSR count). The van der Waals surface area contributed by atoms with Crippen molar-refractivity contribution in [3.63, 3.8) is 0 Å². The van der Waals surface area contributed by atoms with Gasteiger partial charge in [0, 0.05) is 11.8 Å². The molecule has 16 heavy (non-hydrogen) atoms. The lowest BCUT2D eigenvalue weighted by atomic mass is 9.95. The number of hydrogen-bond acceptors (Lipinski definition) is 0. The third-order valence-electron chi connectivity index (χ3n) is 3.19. The monoisotopic (exact) mass is 228 g/mol. The second-order valence-corrected chi connectivity index (χ2v) is 5.31. The molecule has 0 saturated heterocycles. The van der Waals surface area contributed by atoms with Crippen molar-refractivity contribution >= 4 is 0 Å². The highest BCUT2D eigenvalue weighted by molar-refractivity contribution is 5.11. The zero-order chi connectivity index (χ0) is 12.3. The number of hydrogen-bond donors (Lipinski definition) is 0. The Morgan fingerprint density at radius 2 is 1.56 bits per heavy atom. The normalized spacial score (nSPS) is 33.6. The summed E-state index contributed by atoms with van der Waals surface area (Å²) in [5, 5.41) is 0. The van der Waals surface area contributed by atoms with E-state index in [9.17, 15) is 8.78 Å². The fraction of sp³-hybridized carbons (Fsp3) is 0.714. The zero-order valence-electron chi connectivity index (χ0n) is 10.6. The van der Waals surface area contributed by atoms with E-state index >= 15 is 0 Å². The fourth-order valence-corrected chi connectivity index (χ4v) is 2.58. The molecule has 0 nitrogen and oxygen atoms in total. The molecule has 1 aliphatic carbocycles. The van der Waals surface area contributed by atoms with E-state index in [1.54, 1.807) is 0 Å². The second-order valence-electron chi connectivity index (χ2n) is 5.31. The molecule has 2 heteroatoms. The Labute approximate surface area is 97.4 Å². The van der Waals surface area contributed by atoms with Gasteiger partial charge in [0.1, 0.15) is 6.17 Å². The molecule has 0 aromatic heterocycles. The van der Waals surface area contributed by atoms with Crippen molar-refractivity contribution < 1.29 is 8.78 Å². The van der Waals surface area contributed by atoms with E-state index in [0.717, 1.165) is 17.6 Å². The fourth-order valence-electron chi connectivity index (χ4n) is 2.58. The van der Waals surface area contributed by atoms with Crippen LogP contribution in [0.5, 0.6) is 0 Å². The second kappa shape index (κ2) is 5.60. The van der Waals surface area contributed by atoms with Gasteiger partial charge in [-0.3, -0.25) is 4.39 Å². The number of alkyl halides is 2. The first-order valence-corrected chi connectivity index (χ1v) is 5.95. The smallest absolute Gasteiger partial charge is 0.112 e. The molecule has 0 N–H and O–H groups in total. The molecule has 1 fully saturated rings. The maximum atomic E-state index is 14.0. The summed E-state index contributed by atoms with van der Waals surface area (Å²) in [5.41, 5.74) is 2.26. The van der Waals surface area contributed by atoms with Crippen LogP contribution in [0.3, 0.4) is 0 Å². The average Bonchev–Trinajstić information content (AvgIpc) is 2.41. The molecule has 4 unspecified atom stereocenters. The molecule has 0 bridgehead atoms. The largest absolute Gasteiger partial charge is 0.251 e. The van der Waals surface area contributed by atoms with Gasteiger partial charge in [-0.25, -0.2) is 4.39 Å². The minimum atomic E-state index is -1.03. The predicted molar refractivity (Wildman–Crippen MR) is 64.8 cm³/mol. The van der Waals surface area contributed by atoms with Crippen LogP contribution in [0.4, 0.5) is 8.78 Å². The molecule has 0 radical (unpaired) electrons. The van der Waals surface area contributed by atoms with E-state index < -0.39 is 18.8 Å². The summed E-state index contributed by atoms with van der Waals surface area (Å²) in [7, 11) is 0. The van der Waals surface area contributed by atoms with Crippen molar-refractivity contribution in [2.45, 2.75) is 40.3 Å². The molecule has 0 amide bonds. The molecular weight excluding hydrogens is 206 g/mol. The van der Waals surface area contributed by atoms with Crippen LogP contribution in [0.2, 0.25) is 0 Å². The van der Waals surface area contributed by atoms with Crippen molar-refractivity contribution in [3.8, 4) is 0 Å². The van der Waals surface area contributed by atoms with Gasteiger partial charge in [-0.15, -0.1) is 0 Å². The van der Waals surface area contributed by atoms with Crippen molar-refractivity contribution in [2.24, 2.45) is 17.8 Å². The third-order valence-corrected chi connectivity index (χ3v) is 3.19. The summed E-state index contributed by atoms with van der Waals surface area (Å²) in [4.78, 5) is 0. The van der Waals surface area contributed by atoms with Crippen molar-refractivity contribution in [1.29, 1.82) is 0 Å². The minimum Gasteiger partial charge on any atom is -0.251 e.